The molecular formula is C21H31N3O4. The van der Waals surface area contributed by atoms with Crippen LogP contribution in [0.5, 0.6) is 0 Å². The number of oxime groups is 1. The van der Waals surface area contributed by atoms with Gasteiger partial charge in [0.05, 0.1) is 12.3 Å². The van der Waals surface area contributed by atoms with E-state index in [0.717, 1.165) is 17.7 Å². The molecule has 0 bridgehead atoms. The average molecular weight is 389 g/mol. The maximum Gasteiger partial charge on any atom is 0.408 e. The number of ether oxygens (including phenoxy) is 1. The van der Waals surface area contributed by atoms with Crippen LogP contribution in [0.3, 0.4) is 0 Å². The van der Waals surface area contributed by atoms with Crippen LogP contribution >= 0.6 is 0 Å². The van der Waals surface area contributed by atoms with E-state index in [9.17, 15) is 9.59 Å². The maximum absolute atomic E-state index is 11.8. The summed E-state index contributed by atoms with van der Waals surface area (Å²) in [6.45, 7) is 13.0. The third-order valence-electron chi connectivity index (χ3n) is 3.70. The summed E-state index contributed by atoms with van der Waals surface area (Å²) in [5.41, 5.74) is 1.18. The van der Waals surface area contributed by atoms with Gasteiger partial charge in [-0.25, -0.2) is 4.79 Å². The molecule has 7 nitrogen and oxygen atoms in total. The van der Waals surface area contributed by atoms with Crippen LogP contribution in [0.2, 0.25) is 0 Å². The second-order valence-electron chi connectivity index (χ2n) is 7.41. The van der Waals surface area contributed by atoms with Gasteiger partial charge >= 0.3 is 6.09 Å². The van der Waals surface area contributed by atoms with Gasteiger partial charge in [-0.1, -0.05) is 55.9 Å². The number of carbonyl (C=O) groups excluding carboxylic acids is 2. The number of alkyl carbamates (subject to hydrolysis) is 1. The molecular weight excluding hydrogens is 358 g/mol. The zero-order valence-electron chi connectivity index (χ0n) is 17.4. The van der Waals surface area contributed by atoms with Crippen molar-refractivity contribution in [2.45, 2.75) is 46.6 Å². The number of carbonyl (C=O) groups is 2. The lowest BCUT2D eigenvalue weighted by molar-refractivity contribution is -0.120. The Morgan fingerprint density at radius 3 is 2.36 bits per heavy atom. The summed E-state index contributed by atoms with van der Waals surface area (Å²) >= 11 is 0. The van der Waals surface area contributed by atoms with E-state index >= 15 is 0 Å². The van der Waals surface area contributed by atoms with Crippen LogP contribution in [0.15, 0.2) is 47.8 Å². The normalized spacial score (nSPS) is 12.7. The van der Waals surface area contributed by atoms with Crippen molar-refractivity contribution >= 4 is 17.7 Å². The predicted octanol–water partition coefficient (Wildman–Crippen LogP) is 3.61. The summed E-state index contributed by atoms with van der Waals surface area (Å²) in [6.07, 6.45) is 0.264. The van der Waals surface area contributed by atoms with Crippen molar-refractivity contribution in [2.75, 3.05) is 13.1 Å². The van der Waals surface area contributed by atoms with Gasteiger partial charge in [0.1, 0.15) is 17.9 Å². The fraction of sp³-hybridized carbons (Fsp3) is 0.476. The third-order valence-corrected chi connectivity index (χ3v) is 3.70. The molecule has 2 N–H and O–H groups in total. The Hall–Kier alpha value is -2.83. The highest BCUT2D eigenvalue weighted by Crippen LogP contribution is 2.14. The molecule has 0 saturated heterocycles. The molecule has 0 heterocycles. The van der Waals surface area contributed by atoms with E-state index in [2.05, 4.69) is 36.2 Å². The molecule has 1 unspecified atom stereocenters. The summed E-state index contributed by atoms with van der Waals surface area (Å²) in [5, 5.41) is 9.22. The number of hydrogen-bond donors (Lipinski definition) is 2. The number of rotatable bonds is 9. The van der Waals surface area contributed by atoms with Gasteiger partial charge in [-0.3, -0.25) is 4.79 Å². The maximum atomic E-state index is 11.8. The fourth-order valence-corrected chi connectivity index (χ4v) is 2.10. The molecule has 0 aliphatic heterocycles. The number of hydrogen-bond acceptors (Lipinski definition) is 5. The molecule has 0 radical (unpaired) electrons. The molecule has 154 valence electrons. The molecule has 0 aromatic heterocycles. The molecule has 0 saturated carbocycles. The second kappa shape index (κ2) is 11.1. The second-order valence-corrected chi connectivity index (χ2v) is 7.41. The molecule has 0 fully saturated rings. The van der Waals surface area contributed by atoms with E-state index in [4.69, 9.17) is 9.57 Å². The van der Waals surface area contributed by atoms with Gasteiger partial charge in [0.2, 0.25) is 5.91 Å². The summed E-state index contributed by atoms with van der Waals surface area (Å²) < 4.78 is 5.06. The quantitative estimate of drug-likeness (QED) is 0.384. The molecule has 0 spiro atoms. The number of nitrogens with zero attached hydrogens (tertiary/aromatic N) is 1. The van der Waals surface area contributed by atoms with E-state index < -0.39 is 11.7 Å². The number of benzene rings is 1. The summed E-state index contributed by atoms with van der Waals surface area (Å²) in [6, 6.07) is 9.78. The molecule has 28 heavy (non-hydrogen) atoms. The van der Waals surface area contributed by atoms with Gasteiger partial charge in [0.25, 0.3) is 0 Å². The zero-order chi connectivity index (χ0) is 21.2. The Morgan fingerprint density at radius 2 is 1.79 bits per heavy atom. The Kier molecular flexibility index (Phi) is 9.21. The lowest BCUT2D eigenvalue weighted by Crippen LogP contribution is -2.40. The first kappa shape index (κ1) is 23.2. The van der Waals surface area contributed by atoms with Crippen molar-refractivity contribution in [1.82, 2.24) is 10.6 Å². The minimum atomic E-state index is -0.650. The van der Waals surface area contributed by atoms with Gasteiger partial charge < -0.3 is 20.2 Å². The lowest BCUT2D eigenvalue weighted by atomic mass is 9.96. The Balaban J connectivity index is 2.49. The Labute approximate surface area is 167 Å². The monoisotopic (exact) mass is 389 g/mol. The molecule has 2 amide bonds. The van der Waals surface area contributed by atoms with E-state index in [1.54, 1.807) is 20.8 Å². The predicted molar refractivity (Wildman–Crippen MR) is 110 cm³/mol. The molecule has 1 aromatic rings. The SMILES string of the molecule is C=C(CNC(=O)CNC(=O)OC(C)(C)C)O/N=C(/c1ccccc1)C(C)CC. The first-order valence-electron chi connectivity index (χ1n) is 9.34. The third kappa shape index (κ3) is 9.21. The van der Waals surface area contributed by atoms with Gasteiger partial charge in [-0.15, -0.1) is 0 Å². The topological polar surface area (TPSA) is 89.0 Å². The van der Waals surface area contributed by atoms with Crippen molar-refractivity contribution in [2.24, 2.45) is 11.1 Å². The number of amides is 2. The molecule has 1 aromatic carbocycles. The number of nitrogens with one attached hydrogen (secondary N) is 2. The van der Waals surface area contributed by atoms with E-state index in [1.165, 1.54) is 0 Å². The van der Waals surface area contributed by atoms with Gasteiger partial charge in [-0.05, 0) is 32.8 Å². The van der Waals surface area contributed by atoms with Crippen LogP contribution in [-0.4, -0.2) is 36.4 Å². The molecule has 1 atom stereocenters. The van der Waals surface area contributed by atoms with Crippen LogP contribution in [0.4, 0.5) is 4.79 Å². The minimum Gasteiger partial charge on any atom is -0.444 e. The minimum absolute atomic E-state index is 0.0842. The van der Waals surface area contributed by atoms with Gasteiger partial charge in [-0.2, -0.15) is 0 Å². The summed E-state index contributed by atoms with van der Waals surface area (Å²) in [4.78, 5) is 28.7. The van der Waals surface area contributed by atoms with Crippen molar-refractivity contribution in [3.05, 3.63) is 48.2 Å². The van der Waals surface area contributed by atoms with E-state index in [-0.39, 0.29) is 24.9 Å². The first-order valence-corrected chi connectivity index (χ1v) is 9.34. The highest BCUT2D eigenvalue weighted by Gasteiger charge is 2.16. The lowest BCUT2D eigenvalue weighted by Gasteiger charge is -2.19. The fourth-order valence-electron chi connectivity index (χ4n) is 2.10. The first-order chi connectivity index (χ1) is 13.1. The van der Waals surface area contributed by atoms with Crippen LogP contribution in [-0.2, 0) is 14.4 Å². The Bertz CT molecular complexity index is 693. The van der Waals surface area contributed by atoms with Crippen LogP contribution in [0, 0.1) is 5.92 Å². The van der Waals surface area contributed by atoms with E-state index in [1.807, 2.05) is 30.3 Å². The molecule has 0 aliphatic rings. The van der Waals surface area contributed by atoms with Crippen molar-refractivity contribution in [1.29, 1.82) is 0 Å². The average Bonchev–Trinajstić information content (AvgIpc) is 2.64. The molecule has 1 rings (SSSR count). The smallest absolute Gasteiger partial charge is 0.408 e. The van der Waals surface area contributed by atoms with Crippen molar-refractivity contribution < 1.29 is 19.2 Å². The van der Waals surface area contributed by atoms with Gasteiger partial charge in [0, 0.05) is 5.92 Å². The molecule has 0 aliphatic carbocycles. The largest absolute Gasteiger partial charge is 0.444 e. The standard InChI is InChI=1S/C21H31N3O4/c1-7-15(2)19(17-11-9-8-10-12-17)24-28-16(3)13-22-18(25)14-23-20(26)27-21(4,5)6/h8-12,15H,3,7,13-14H2,1-2,4-6H3,(H,22,25)(H,23,26)/b24-19+. The van der Waals surface area contributed by atoms with Crippen LogP contribution < -0.4 is 10.6 Å². The van der Waals surface area contributed by atoms with E-state index in [0.29, 0.717) is 5.76 Å². The highest BCUT2D eigenvalue weighted by molar-refractivity contribution is 6.01. The van der Waals surface area contributed by atoms with Crippen LogP contribution in [0.1, 0.15) is 46.6 Å². The van der Waals surface area contributed by atoms with Crippen LogP contribution in [0.25, 0.3) is 0 Å². The van der Waals surface area contributed by atoms with Gasteiger partial charge in [0.15, 0.2) is 0 Å². The van der Waals surface area contributed by atoms with Crippen molar-refractivity contribution in [3.63, 3.8) is 0 Å². The molecule has 7 heteroatoms. The summed E-state index contributed by atoms with van der Waals surface area (Å²) in [7, 11) is 0. The van der Waals surface area contributed by atoms with Crippen molar-refractivity contribution in [3.8, 4) is 0 Å². The summed E-state index contributed by atoms with van der Waals surface area (Å²) in [5.74, 6) is 0.120. The highest BCUT2D eigenvalue weighted by atomic mass is 16.6. The Morgan fingerprint density at radius 1 is 1.14 bits per heavy atom. The zero-order valence-corrected chi connectivity index (χ0v) is 17.4.